The van der Waals surface area contributed by atoms with Crippen molar-refractivity contribution >= 4 is 39.2 Å². The third-order valence-electron chi connectivity index (χ3n) is 3.57. The van der Waals surface area contributed by atoms with E-state index in [1.807, 2.05) is 0 Å². The van der Waals surface area contributed by atoms with Gasteiger partial charge in [0.1, 0.15) is 0 Å². The Kier molecular flexibility index (Phi) is 5.12. The van der Waals surface area contributed by atoms with E-state index in [9.17, 15) is 23.6 Å². The third kappa shape index (κ3) is 4.13. The molecule has 25 heavy (non-hydrogen) atoms. The molecule has 0 unspecified atom stereocenters. The molecule has 0 atom stereocenters. The number of nitro groups is 1. The lowest BCUT2D eigenvalue weighted by Gasteiger charge is -2.08. The number of hydrogen-bond donors (Lipinski definition) is 2. The monoisotopic (exact) mass is 383 g/mol. The first-order valence-corrected chi connectivity index (χ1v) is 8.78. The van der Waals surface area contributed by atoms with E-state index >= 15 is 0 Å². The van der Waals surface area contributed by atoms with E-state index in [0.717, 1.165) is 6.07 Å². The summed E-state index contributed by atoms with van der Waals surface area (Å²) < 4.78 is 23.1. The van der Waals surface area contributed by atoms with Crippen molar-refractivity contribution in [1.29, 1.82) is 0 Å². The van der Waals surface area contributed by atoms with Crippen molar-refractivity contribution in [2.75, 3.05) is 0 Å². The largest absolute Gasteiger partial charge is 0.502 e. The SMILES string of the molecule is Cc1cc(S(N)(=O)=O)cc(N=Cc2cc(Cl)cc([N+](=O)[O-])c2O)c1C. The molecule has 2 aromatic carbocycles. The van der Waals surface area contributed by atoms with Crippen LogP contribution in [0.4, 0.5) is 11.4 Å². The number of hydrogen-bond acceptors (Lipinski definition) is 6. The summed E-state index contributed by atoms with van der Waals surface area (Å²) in [5.41, 5.74) is 1.11. The highest BCUT2D eigenvalue weighted by atomic mass is 35.5. The second-order valence-electron chi connectivity index (χ2n) is 5.31. The Labute approximate surface area is 148 Å². The molecule has 0 spiro atoms. The Bertz CT molecular complexity index is 1000. The summed E-state index contributed by atoms with van der Waals surface area (Å²) in [6.45, 7) is 3.43. The fourth-order valence-electron chi connectivity index (χ4n) is 2.09. The van der Waals surface area contributed by atoms with Crippen LogP contribution >= 0.6 is 11.6 Å². The molecule has 10 heteroatoms. The normalized spacial score (nSPS) is 11.8. The van der Waals surface area contributed by atoms with Gasteiger partial charge in [0.05, 0.1) is 15.5 Å². The quantitative estimate of drug-likeness (QED) is 0.475. The molecule has 0 amide bonds. The van der Waals surface area contributed by atoms with Crippen LogP contribution in [0.2, 0.25) is 5.02 Å². The van der Waals surface area contributed by atoms with Crippen LogP contribution in [-0.4, -0.2) is 24.7 Å². The van der Waals surface area contributed by atoms with Gasteiger partial charge in [-0.3, -0.25) is 15.1 Å². The maximum Gasteiger partial charge on any atom is 0.312 e. The first-order valence-electron chi connectivity index (χ1n) is 6.85. The number of benzene rings is 2. The molecular weight excluding hydrogens is 370 g/mol. The van der Waals surface area contributed by atoms with Crippen LogP contribution in [-0.2, 0) is 10.0 Å². The Morgan fingerprint density at radius 1 is 1.28 bits per heavy atom. The van der Waals surface area contributed by atoms with Crippen LogP contribution in [0.25, 0.3) is 0 Å². The van der Waals surface area contributed by atoms with Gasteiger partial charge in [0.15, 0.2) is 0 Å². The van der Waals surface area contributed by atoms with Gasteiger partial charge in [-0.05, 0) is 43.2 Å². The Morgan fingerprint density at radius 2 is 1.92 bits per heavy atom. The lowest BCUT2D eigenvalue weighted by molar-refractivity contribution is -0.385. The van der Waals surface area contributed by atoms with E-state index in [-0.39, 0.29) is 15.5 Å². The summed E-state index contributed by atoms with van der Waals surface area (Å²) >= 11 is 5.82. The molecule has 0 saturated heterocycles. The number of halogens is 1. The smallest absolute Gasteiger partial charge is 0.312 e. The fraction of sp³-hybridized carbons (Fsp3) is 0.133. The summed E-state index contributed by atoms with van der Waals surface area (Å²) in [6.07, 6.45) is 1.17. The van der Waals surface area contributed by atoms with Gasteiger partial charge in [0, 0.05) is 22.9 Å². The highest BCUT2D eigenvalue weighted by Crippen LogP contribution is 2.33. The second-order valence-corrected chi connectivity index (χ2v) is 7.31. The number of phenols is 1. The topological polar surface area (TPSA) is 136 Å². The van der Waals surface area contributed by atoms with E-state index in [1.165, 1.54) is 24.4 Å². The number of nitrogens with zero attached hydrogens (tertiary/aromatic N) is 2. The molecule has 0 fully saturated rings. The van der Waals surface area contributed by atoms with Crippen molar-refractivity contribution in [3.05, 3.63) is 56.1 Å². The summed E-state index contributed by atoms with van der Waals surface area (Å²) in [5.74, 6) is -0.588. The van der Waals surface area contributed by atoms with Crippen molar-refractivity contribution in [2.45, 2.75) is 18.7 Å². The molecule has 2 aromatic rings. The van der Waals surface area contributed by atoms with Crippen molar-refractivity contribution in [3.63, 3.8) is 0 Å². The number of primary sulfonamides is 1. The zero-order chi connectivity index (χ0) is 18.9. The average molecular weight is 384 g/mol. The van der Waals surface area contributed by atoms with E-state index in [2.05, 4.69) is 4.99 Å². The third-order valence-corrected chi connectivity index (χ3v) is 4.68. The van der Waals surface area contributed by atoms with Crippen molar-refractivity contribution in [1.82, 2.24) is 0 Å². The van der Waals surface area contributed by atoms with Gasteiger partial charge in [-0.25, -0.2) is 13.6 Å². The van der Waals surface area contributed by atoms with Gasteiger partial charge in [0.2, 0.25) is 15.8 Å². The van der Waals surface area contributed by atoms with E-state index < -0.39 is 26.4 Å². The first-order chi connectivity index (χ1) is 11.5. The number of phenolic OH excluding ortho intramolecular Hbond substituents is 1. The molecule has 132 valence electrons. The zero-order valence-electron chi connectivity index (χ0n) is 13.2. The molecule has 0 heterocycles. The van der Waals surface area contributed by atoms with E-state index in [4.69, 9.17) is 16.7 Å². The number of rotatable bonds is 4. The van der Waals surface area contributed by atoms with Gasteiger partial charge in [-0.1, -0.05) is 11.6 Å². The lowest BCUT2D eigenvalue weighted by Crippen LogP contribution is -2.12. The van der Waals surface area contributed by atoms with Crippen molar-refractivity contribution < 1.29 is 18.4 Å². The number of nitro benzene ring substituents is 1. The molecule has 3 N–H and O–H groups in total. The summed E-state index contributed by atoms with van der Waals surface area (Å²) in [6, 6.07) is 5.03. The minimum Gasteiger partial charge on any atom is -0.502 e. The van der Waals surface area contributed by atoms with Gasteiger partial charge in [-0.2, -0.15) is 0 Å². The Hall–Kier alpha value is -2.49. The Morgan fingerprint density at radius 3 is 2.48 bits per heavy atom. The number of nitrogens with two attached hydrogens (primary N) is 1. The van der Waals surface area contributed by atoms with Gasteiger partial charge in [0.25, 0.3) is 0 Å². The van der Waals surface area contributed by atoms with E-state index in [1.54, 1.807) is 13.8 Å². The number of sulfonamides is 1. The van der Waals surface area contributed by atoms with Crippen LogP contribution in [0.1, 0.15) is 16.7 Å². The lowest BCUT2D eigenvalue weighted by atomic mass is 10.1. The fourth-order valence-corrected chi connectivity index (χ4v) is 2.93. The average Bonchev–Trinajstić information content (AvgIpc) is 2.49. The highest BCUT2D eigenvalue weighted by molar-refractivity contribution is 7.89. The summed E-state index contributed by atoms with van der Waals surface area (Å²) in [5, 5.41) is 26.1. The maximum absolute atomic E-state index is 11.5. The van der Waals surface area contributed by atoms with Crippen molar-refractivity contribution in [3.8, 4) is 5.75 Å². The summed E-state index contributed by atoms with van der Waals surface area (Å²) in [7, 11) is -3.91. The van der Waals surface area contributed by atoms with Crippen LogP contribution in [0.5, 0.6) is 5.75 Å². The molecule has 0 aliphatic carbocycles. The molecule has 0 aliphatic rings. The summed E-state index contributed by atoms with van der Waals surface area (Å²) in [4.78, 5) is 14.2. The molecule has 2 rings (SSSR count). The van der Waals surface area contributed by atoms with Crippen LogP contribution < -0.4 is 5.14 Å². The van der Waals surface area contributed by atoms with Gasteiger partial charge in [-0.15, -0.1) is 0 Å². The number of aliphatic imine (C=N–C) groups is 1. The van der Waals surface area contributed by atoms with E-state index in [0.29, 0.717) is 16.8 Å². The molecule has 0 aliphatic heterocycles. The molecule has 0 aromatic heterocycles. The predicted octanol–water partition coefficient (Wildman–Crippen LogP) is 2.97. The van der Waals surface area contributed by atoms with Gasteiger partial charge < -0.3 is 5.11 Å². The molecular formula is C15H14ClN3O5S. The van der Waals surface area contributed by atoms with Crippen LogP contribution in [0, 0.1) is 24.0 Å². The predicted molar refractivity (Wildman–Crippen MR) is 94.3 cm³/mol. The van der Waals surface area contributed by atoms with Gasteiger partial charge >= 0.3 is 5.69 Å². The molecule has 8 nitrogen and oxygen atoms in total. The second kappa shape index (κ2) is 6.79. The zero-order valence-corrected chi connectivity index (χ0v) is 14.8. The minimum absolute atomic E-state index is 0.0252. The molecule has 0 radical (unpaired) electrons. The first kappa shape index (κ1) is 18.8. The van der Waals surface area contributed by atoms with Crippen LogP contribution in [0.15, 0.2) is 34.2 Å². The number of aryl methyl sites for hydroxylation is 1. The highest BCUT2D eigenvalue weighted by Gasteiger charge is 2.18. The molecule has 0 saturated carbocycles. The Balaban J connectivity index is 2.57. The minimum atomic E-state index is -3.91. The molecule has 0 bridgehead atoms. The number of aromatic hydroxyl groups is 1. The van der Waals surface area contributed by atoms with Crippen LogP contribution in [0.3, 0.4) is 0 Å². The standard InChI is InChI=1S/C15H14ClN3O5S/c1-8-3-12(25(17,23)24)6-13(9(8)2)18-7-10-4-11(16)5-14(15(10)20)19(21)22/h3-7,20H,1-2H3,(H2,17,23,24). The van der Waals surface area contributed by atoms with Crippen molar-refractivity contribution in [2.24, 2.45) is 10.1 Å². The maximum atomic E-state index is 11.5.